The number of para-hydroxylation sites is 1. The summed E-state index contributed by atoms with van der Waals surface area (Å²) < 4.78 is 0. The first-order valence-corrected chi connectivity index (χ1v) is 6.02. The van der Waals surface area contributed by atoms with Crippen LogP contribution in [0, 0.1) is 24.0 Å². The Hall–Kier alpha value is -2.70. The van der Waals surface area contributed by atoms with E-state index in [1.54, 1.807) is 6.07 Å². The minimum absolute atomic E-state index is 0.0521. The number of hydrogen-bond donors (Lipinski definition) is 2. The van der Waals surface area contributed by atoms with Crippen molar-refractivity contribution in [3.8, 4) is 0 Å². The number of H-pyrrole nitrogens is 1. The lowest BCUT2D eigenvalue weighted by molar-refractivity contribution is -0.385. The van der Waals surface area contributed by atoms with E-state index in [1.807, 2.05) is 13.8 Å². The Morgan fingerprint density at radius 1 is 1.40 bits per heavy atom. The number of nitrogens with one attached hydrogen (secondary N) is 2. The van der Waals surface area contributed by atoms with Crippen molar-refractivity contribution < 1.29 is 9.72 Å². The number of rotatable bonds is 4. The average Bonchev–Trinajstić information content (AvgIpc) is 2.75. The molecule has 20 heavy (non-hydrogen) atoms. The molecule has 2 rings (SSSR count). The Labute approximate surface area is 115 Å². The molecular weight excluding hydrogens is 260 g/mol. The van der Waals surface area contributed by atoms with Gasteiger partial charge in [-0.15, -0.1) is 0 Å². The number of aryl methyl sites for hydroxylation is 2. The van der Waals surface area contributed by atoms with Crippen molar-refractivity contribution in [1.29, 1.82) is 0 Å². The van der Waals surface area contributed by atoms with Gasteiger partial charge in [0.2, 0.25) is 0 Å². The molecule has 7 nitrogen and oxygen atoms in total. The number of nitro benzene ring substituents is 1. The molecule has 0 aliphatic heterocycles. The van der Waals surface area contributed by atoms with Gasteiger partial charge in [0.1, 0.15) is 5.56 Å². The molecule has 0 aliphatic rings. The summed E-state index contributed by atoms with van der Waals surface area (Å²) in [6, 6.07) is 5.86. The summed E-state index contributed by atoms with van der Waals surface area (Å²) in [6.45, 7) is 3.96. The summed E-state index contributed by atoms with van der Waals surface area (Å²) in [7, 11) is 0. The lowest BCUT2D eigenvalue weighted by Gasteiger charge is -2.06. The van der Waals surface area contributed by atoms with Gasteiger partial charge in [0.05, 0.1) is 10.6 Å². The SMILES string of the molecule is Cc1n[nH]c(C)c1CNC(=O)c1ccccc1[N+](=O)[O-]. The highest BCUT2D eigenvalue weighted by atomic mass is 16.6. The van der Waals surface area contributed by atoms with Gasteiger partial charge in [-0.05, 0) is 19.9 Å². The van der Waals surface area contributed by atoms with E-state index in [0.717, 1.165) is 17.0 Å². The van der Waals surface area contributed by atoms with Crippen LogP contribution in [0.2, 0.25) is 0 Å². The van der Waals surface area contributed by atoms with Gasteiger partial charge in [-0.2, -0.15) is 5.10 Å². The van der Waals surface area contributed by atoms with E-state index in [0.29, 0.717) is 0 Å². The number of benzene rings is 1. The molecule has 0 saturated heterocycles. The molecule has 2 aromatic rings. The molecule has 1 amide bonds. The van der Waals surface area contributed by atoms with Crippen LogP contribution < -0.4 is 5.32 Å². The van der Waals surface area contributed by atoms with Crippen molar-refractivity contribution in [1.82, 2.24) is 15.5 Å². The summed E-state index contributed by atoms with van der Waals surface area (Å²) in [6.07, 6.45) is 0. The first-order valence-electron chi connectivity index (χ1n) is 6.02. The molecule has 0 saturated carbocycles. The van der Waals surface area contributed by atoms with Crippen LogP contribution in [0.1, 0.15) is 27.3 Å². The molecule has 1 aromatic carbocycles. The fourth-order valence-electron chi connectivity index (χ4n) is 1.92. The molecular formula is C13H14N4O3. The Bertz CT molecular complexity index is 644. The van der Waals surface area contributed by atoms with Gasteiger partial charge in [-0.3, -0.25) is 20.0 Å². The van der Waals surface area contributed by atoms with Crippen molar-refractivity contribution in [2.24, 2.45) is 0 Å². The maximum Gasteiger partial charge on any atom is 0.282 e. The van der Waals surface area contributed by atoms with Crippen LogP contribution in [-0.2, 0) is 6.54 Å². The highest BCUT2D eigenvalue weighted by Crippen LogP contribution is 2.17. The van der Waals surface area contributed by atoms with E-state index >= 15 is 0 Å². The summed E-state index contributed by atoms with van der Waals surface area (Å²) >= 11 is 0. The molecule has 0 radical (unpaired) electrons. The van der Waals surface area contributed by atoms with Crippen LogP contribution in [0.3, 0.4) is 0 Å². The van der Waals surface area contributed by atoms with Crippen LogP contribution in [0.15, 0.2) is 24.3 Å². The standard InChI is InChI=1S/C13H14N4O3/c1-8-11(9(2)16-15-8)7-14-13(18)10-5-3-4-6-12(10)17(19)20/h3-6H,7H2,1-2H3,(H,14,18)(H,15,16). The van der Waals surface area contributed by atoms with Crippen LogP contribution in [0.25, 0.3) is 0 Å². The number of carbonyl (C=O) groups is 1. The lowest BCUT2D eigenvalue weighted by Crippen LogP contribution is -2.24. The monoisotopic (exact) mass is 274 g/mol. The molecule has 0 fully saturated rings. The Balaban J connectivity index is 2.16. The molecule has 1 heterocycles. The van der Waals surface area contributed by atoms with E-state index < -0.39 is 10.8 Å². The first kappa shape index (κ1) is 13.7. The molecule has 2 N–H and O–H groups in total. The van der Waals surface area contributed by atoms with Crippen molar-refractivity contribution in [2.45, 2.75) is 20.4 Å². The molecule has 7 heteroatoms. The highest BCUT2D eigenvalue weighted by molar-refractivity contribution is 5.98. The average molecular weight is 274 g/mol. The zero-order valence-corrected chi connectivity index (χ0v) is 11.1. The minimum Gasteiger partial charge on any atom is -0.348 e. The second-order valence-corrected chi connectivity index (χ2v) is 4.37. The normalized spacial score (nSPS) is 10.3. The zero-order valence-electron chi connectivity index (χ0n) is 11.1. The summed E-state index contributed by atoms with van der Waals surface area (Å²) in [4.78, 5) is 22.4. The summed E-state index contributed by atoms with van der Waals surface area (Å²) in [5, 5.41) is 20.4. The maximum absolute atomic E-state index is 12.0. The fraction of sp³-hybridized carbons (Fsp3) is 0.231. The minimum atomic E-state index is -0.566. The fourth-order valence-corrected chi connectivity index (χ4v) is 1.92. The van der Waals surface area contributed by atoms with Gasteiger partial charge in [-0.25, -0.2) is 0 Å². The molecule has 0 bridgehead atoms. The van der Waals surface area contributed by atoms with E-state index in [1.165, 1.54) is 18.2 Å². The van der Waals surface area contributed by atoms with E-state index in [9.17, 15) is 14.9 Å². The van der Waals surface area contributed by atoms with Gasteiger partial charge < -0.3 is 5.32 Å². The second-order valence-electron chi connectivity index (χ2n) is 4.37. The van der Waals surface area contributed by atoms with Crippen LogP contribution in [0.5, 0.6) is 0 Å². The van der Waals surface area contributed by atoms with Gasteiger partial charge in [0.15, 0.2) is 0 Å². The van der Waals surface area contributed by atoms with Gasteiger partial charge in [0.25, 0.3) is 11.6 Å². The first-order chi connectivity index (χ1) is 9.50. The third-order valence-electron chi connectivity index (χ3n) is 3.05. The Morgan fingerprint density at radius 3 is 2.70 bits per heavy atom. The van der Waals surface area contributed by atoms with Crippen molar-refractivity contribution in [3.05, 3.63) is 56.9 Å². The number of nitrogens with zero attached hydrogens (tertiary/aromatic N) is 2. The topological polar surface area (TPSA) is 101 Å². The van der Waals surface area contributed by atoms with E-state index in [2.05, 4.69) is 15.5 Å². The van der Waals surface area contributed by atoms with Crippen LogP contribution in [0.4, 0.5) is 5.69 Å². The molecule has 0 atom stereocenters. The number of amides is 1. The van der Waals surface area contributed by atoms with Crippen LogP contribution >= 0.6 is 0 Å². The van der Waals surface area contributed by atoms with Gasteiger partial charge >= 0.3 is 0 Å². The predicted octanol–water partition coefficient (Wildman–Crippen LogP) is 1.86. The molecule has 0 unspecified atom stereocenters. The molecule has 1 aromatic heterocycles. The maximum atomic E-state index is 12.0. The smallest absolute Gasteiger partial charge is 0.282 e. The second kappa shape index (κ2) is 5.52. The Morgan fingerprint density at radius 2 is 2.10 bits per heavy atom. The van der Waals surface area contributed by atoms with Crippen LogP contribution in [-0.4, -0.2) is 21.0 Å². The molecule has 104 valence electrons. The van der Waals surface area contributed by atoms with Crippen molar-refractivity contribution >= 4 is 11.6 Å². The zero-order chi connectivity index (χ0) is 14.7. The Kier molecular flexibility index (Phi) is 3.79. The van der Waals surface area contributed by atoms with E-state index in [-0.39, 0.29) is 17.8 Å². The number of nitro groups is 1. The number of aromatic amines is 1. The van der Waals surface area contributed by atoms with Crippen molar-refractivity contribution in [2.75, 3.05) is 0 Å². The quantitative estimate of drug-likeness (QED) is 0.656. The van der Waals surface area contributed by atoms with E-state index in [4.69, 9.17) is 0 Å². The van der Waals surface area contributed by atoms with Crippen molar-refractivity contribution in [3.63, 3.8) is 0 Å². The number of hydrogen-bond acceptors (Lipinski definition) is 4. The predicted molar refractivity (Wildman–Crippen MR) is 72.3 cm³/mol. The summed E-state index contributed by atoms with van der Waals surface area (Å²) in [5.74, 6) is -0.475. The summed E-state index contributed by atoms with van der Waals surface area (Å²) in [5.41, 5.74) is 2.40. The number of carbonyl (C=O) groups excluding carboxylic acids is 1. The molecule has 0 aliphatic carbocycles. The van der Waals surface area contributed by atoms with Gasteiger partial charge in [-0.1, -0.05) is 12.1 Å². The lowest BCUT2D eigenvalue weighted by atomic mass is 10.1. The third-order valence-corrected chi connectivity index (χ3v) is 3.05. The highest BCUT2D eigenvalue weighted by Gasteiger charge is 2.19. The number of aromatic nitrogens is 2. The third kappa shape index (κ3) is 2.66. The van der Waals surface area contributed by atoms with Gasteiger partial charge in [0, 0.05) is 23.9 Å². The molecule has 0 spiro atoms. The largest absolute Gasteiger partial charge is 0.348 e.